The molecule has 1 aliphatic heterocycles. The monoisotopic (exact) mass is 483 g/mol. The Labute approximate surface area is 209 Å². The Morgan fingerprint density at radius 3 is 2.46 bits per heavy atom. The minimum atomic E-state index is -0.00354. The lowest BCUT2D eigenvalue weighted by Gasteiger charge is -2.29. The van der Waals surface area contributed by atoms with E-state index in [4.69, 9.17) is 9.52 Å². The normalized spacial score (nSPS) is 13.8. The molecule has 8 heteroatoms. The first-order valence-corrected chi connectivity index (χ1v) is 12.1. The average Bonchev–Trinajstić information content (AvgIpc) is 3.39. The summed E-state index contributed by atoms with van der Waals surface area (Å²) in [7, 11) is 2.75. The highest BCUT2D eigenvalue weighted by Crippen LogP contribution is 2.18. The van der Waals surface area contributed by atoms with Gasteiger partial charge in [-0.3, -0.25) is 9.36 Å². The van der Waals surface area contributed by atoms with Crippen molar-refractivity contribution in [3.63, 3.8) is 0 Å². The minimum absolute atomic E-state index is 0.00354. The molecule has 0 aromatic carbocycles. The van der Waals surface area contributed by atoms with Crippen LogP contribution in [0.25, 0.3) is 5.57 Å². The van der Waals surface area contributed by atoms with Crippen molar-refractivity contribution < 1.29 is 9.52 Å². The number of oxazole rings is 1. The molecule has 1 fully saturated rings. The zero-order valence-electron chi connectivity index (χ0n) is 21.8. The summed E-state index contributed by atoms with van der Waals surface area (Å²) in [6.45, 7) is 12.1. The van der Waals surface area contributed by atoms with Crippen molar-refractivity contribution in [2.24, 2.45) is 0 Å². The number of allylic oxidation sites excluding steroid dienone is 7. The van der Waals surface area contributed by atoms with Gasteiger partial charge < -0.3 is 19.7 Å². The van der Waals surface area contributed by atoms with Crippen molar-refractivity contribution >= 4 is 17.2 Å². The van der Waals surface area contributed by atoms with E-state index in [-0.39, 0.29) is 5.56 Å². The van der Waals surface area contributed by atoms with Crippen molar-refractivity contribution in [2.75, 3.05) is 37.5 Å². The molecule has 0 aliphatic carbocycles. The minimum Gasteiger partial charge on any atom is -0.441 e. The second-order valence-electron chi connectivity index (χ2n) is 7.58. The molecule has 1 aliphatic rings. The second kappa shape index (κ2) is 17.1. The van der Waals surface area contributed by atoms with Crippen molar-refractivity contribution in [1.29, 1.82) is 0 Å². The molecule has 2 aromatic rings. The van der Waals surface area contributed by atoms with E-state index in [2.05, 4.69) is 26.8 Å². The third kappa shape index (κ3) is 9.05. The van der Waals surface area contributed by atoms with Crippen LogP contribution in [0.4, 0.5) is 11.6 Å². The first-order chi connectivity index (χ1) is 17.1. The number of nitrogens with one attached hydrogen (secondary N) is 1. The van der Waals surface area contributed by atoms with Crippen molar-refractivity contribution in [3.05, 3.63) is 77.4 Å². The van der Waals surface area contributed by atoms with Crippen molar-refractivity contribution in [2.45, 2.75) is 53.0 Å². The molecule has 3 heterocycles. The van der Waals surface area contributed by atoms with Gasteiger partial charge in [0, 0.05) is 45.8 Å². The molecule has 8 nitrogen and oxygen atoms in total. The maximum absolute atomic E-state index is 12.4. The van der Waals surface area contributed by atoms with Crippen molar-refractivity contribution in [3.8, 4) is 0 Å². The summed E-state index contributed by atoms with van der Waals surface area (Å²) in [5.74, 6) is 2.37. The SMILES string of the molecule is C/C=C/Cn1c(N2CCCCC2)ncc(NC)c1=O.C=C/C=C\C(=C/C)c1ncc(CC)o1.CO. The number of piperidine rings is 1. The summed E-state index contributed by atoms with van der Waals surface area (Å²) in [6.07, 6.45) is 19.3. The molecule has 3 rings (SSSR count). The van der Waals surface area contributed by atoms with Crippen LogP contribution in [0.15, 0.2) is 64.6 Å². The van der Waals surface area contributed by atoms with Gasteiger partial charge in [0.15, 0.2) is 0 Å². The Balaban J connectivity index is 0.000000341. The molecule has 0 radical (unpaired) electrons. The van der Waals surface area contributed by atoms with Crippen molar-refractivity contribution in [1.82, 2.24) is 14.5 Å². The molecule has 1 saturated heterocycles. The van der Waals surface area contributed by atoms with Gasteiger partial charge in [-0.2, -0.15) is 0 Å². The van der Waals surface area contributed by atoms with Crippen LogP contribution in [-0.4, -0.2) is 46.9 Å². The van der Waals surface area contributed by atoms with Crippen LogP contribution >= 0.6 is 0 Å². The Kier molecular flexibility index (Phi) is 14.5. The van der Waals surface area contributed by atoms with E-state index >= 15 is 0 Å². The molecular weight excluding hydrogens is 442 g/mol. The fraction of sp³-hybridized carbons (Fsp3) is 0.444. The number of aromatic nitrogens is 3. The first-order valence-electron chi connectivity index (χ1n) is 12.1. The lowest BCUT2D eigenvalue weighted by Crippen LogP contribution is -2.36. The first kappa shape index (κ1) is 29.6. The summed E-state index contributed by atoms with van der Waals surface area (Å²) in [5.41, 5.74) is 1.52. The molecule has 0 unspecified atom stereocenters. The molecule has 0 saturated carbocycles. The topological polar surface area (TPSA) is 96.4 Å². The molecule has 0 amide bonds. The molecule has 0 spiro atoms. The number of aliphatic hydroxyl groups excluding tert-OH is 1. The van der Waals surface area contributed by atoms with Gasteiger partial charge in [0.2, 0.25) is 11.8 Å². The quantitative estimate of drug-likeness (QED) is 0.409. The summed E-state index contributed by atoms with van der Waals surface area (Å²) in [5, 5.41) is 9.90. The highest BCUT2D eigenvalue weighted by molar-refractivity contribution is 5.68. The van der Waals surface area contributed by atoms with Crippen LogP contribution in [0.5, 0.6) is 0 Å². The van der Waals surface area contributed by atoms with Crippen LogP contribution in [0.2, 0.25) is 0 Å². The van der Waals surface area contributed by atoms with E-state index in [1.54, 1.807) is 30.1 Å². The molecule has 0 bridgehead atoms. The van der Waals surface area contributed by atoms with E-state index in [0.29, 0.717) is 18.1 Å². The molecule has 35 heavy (non-hydrogen) atoms. The van der Waals surface area contributed by atoms with Gasteiger partial charge in [-0.1, -0.05) is 43.9 Å². The molecular formula is C27H41N5O3. The Morgan fingerprint density at radius 1 is 1.20 bits per heavy atom. The van der Waals surface area contributed by atoms with E-state index in [0.717, 1.165) is 43.9 Å². The van der Waals surface area contributed by atoms with E-state index in [9.17, 15) is 4.79 Å². The van der Waals surface area contributed by atoms with Gasteiger partial charge in [0.05, 0.1) is 12.4 Å². The maximum atomic E-state index is 12.4. The predicted molar refractivity (Wildman–Crippen MR) is 146 cm³/mol. The smallest absolute Gasteiger partial charge is 0.278 e. The summed E-state index contributed by atoms with van der Waals surface area (Å²) in [4.78, 5) is 23.3. The highest BCUT2D eigenvalue weighted by Gasteiger charge is 2.17. The highest BCUT2D eigenvalue weighted by atomic mass is 16.4. The van der Waals surface area contributed by atoms with Crippen LogP contribution < -0.4 is 15.8 Å². The largest absolute Gasteiger partial charge is 0.441 e. The van der Waals surface area contributed by atoms with Crippen LogP contribution in [0.3, 0.4) is 0 Å². The Hall–Kier alpha value is -3.39. The average molecular weight is 484 g/mol. The number of nitrogens with zero attached hydrogens (tertiary/aromatic N) is 4. The summed E-state index contributed by atoms with van der Waals surface area (Å²) >= 11 is 0. The van der Waals surface area contributed by atoms with Crippen LogP contribution in [-0.2, 0) is 13.0 Å². The number of aliphatic hydroxyl groups is 1. The van der Waals surface area contributed by atoms with Gasteiger partial charge in [0.1, 0.15) is 11.4 Å². The van der Waals surface area contributed by atoms with Gasteiger partial charge in [-0.05, 0) is 39.2 Å². The molecule has 192 valence electrons. The zero-order valence-corrected chi connectivity index (χ0v) is 21.8. The Bertz CT molecular complexity index is 1030. The fourth-order valence-corrected chi connectivity index (χ4v) is 3.44. The van der Waals surface area contributed by atoms with E-state index in [1.165, 1.54) is 19.3 Å². The van der Waals surface area contributed by atoms with Gasteiger partial charge in [0.25, 0.3) is 5.56 Å². The summed E-state index contributed by atoms with van der Waals surface area (Å²) in [6, 6.07) is 0. The van der Waals surface area contributed by atoms with E-state index in [1.807, 2.05) is 51.2 Å². The van der Waals surface area contributed by atoms with E-state index < -0.39 is 0 Å². The third-order valence-corrected chi connectivity index (χ3v) is 5.33. The predicted octanol–water partition coefficient (Wildman–Crippen LogP) is 4.84. The lowest BCUT2D eigenvalue weighted by atomic mass is 10.1. The van der Waals surface area contributed by atoms with Crippen LogP contribution in [0.1, 0.15) is 51.7 Å². The third-order valence-electron chi connectivity index (χ3n) is 5.33. The number of rotatable bonds is 8. The fourth-order valence-electron chi connectivity index (χ4n) is 3.44. The lowest BCUT2D eigenvalue weighted by molar-refractivity contribution is 0.399. The number of hydrogen-bond acceptors (Lipinski definition) is 7. The molecule has 2 aromatic heterocycles. The van der Waals surface area contributed by atoms with Gasteiger partial charge in [-0.15, -0.1) is 0 Å². The second-order valence-corrected chi connectivity index (χ2v) is 7.58. The standard InChI is InChI=1S/C14H22N4O.C12H15NO.CH4O/c1-3-4-10-18-13(19)12(15-2)11-16-14(18)17-8-6-5-7-9-17;1-4-7-8-10(5-2)12-13-9-11(6-3)14-12;1-2/h3-4,11,15H,5-10H2,1-2H3;4-5,7-9H,1,6H2,2-3H3;2H,1H3/b4-3+;8-7-,10-5+;. The number of hydrogen-bond donors (Lipinski definition) is 2. The van der Waals surface area contributed by atoms with Gasteiger partial charge in [-0.25, -0.2) is 9.97 Å². The Morgan fingerprint density at radius 2 is 1.91 bits per heavy atom. The number of anilines is 2. The van der Waals surface area contributed by atoms with Crippen LogP contribution in [0, 0.1) is 0 Å². The number of aryl methyl sites for hydroxylation is 1. The molecule has 2 N–H and O–H groups in total. The zero-order chi connectivity index (χ0) is 26.1. The molecule has 0 atom stereocenters. The maximum Gasteiger partial charge on any atom is 0.278 e. The van der Waals surface area contributed by atoms with Gasteiger partial charge >= 0.3 is 0 Å². The summed E-state index contributed by atoms with van der Waals surface area (Å²) < 4.78 is 7.27.